The highest BCUT2D eigenvalue weighted by Crippen LogP contribution is 2.24. The molecule has 1 saturated heterocycles. The number of amides is 1. The minimum atomic E-state index is -0.604. The van der Waals surface area contributed by atoms with Gasteiger partial charge in [0.05, 0.1) is 10.6 Å². The number of nitrogen functional groups attached to an aromatic ring is 1. The molecule has 26 heavy (non-hydrogen) atoms. The number of carbonyl (C=O) groups is 1. The van der Waals surface area contributed by atoms with Gasteiger partial charge < -0.3 is 5.73 Å². The van der Waals surface area contributed by atoms with Gasteiger partial charge in [-0.25, -0.2) is 4.98 Å². The van der Waals surface area contributed by atoms with Gasteiger partial charge in [0.1, 0.15) is 5.69 Å². The van der Waals surface area contributed by atoms with Crippen molar-refractivity contribution < 1.29 is 9.72 Å². The summed E-state index contributed by atoms with van der Waals surface area (Å²) >= 11 is 1.35. The summed E-state index contributed by atoms with van der Waals surface area (Å²) in [5, 5.41) is 16.1. The lowest BCUT2D eigenvalue weighted by molar-refractivity contribution is -0.383. The van der Waals surface area contributed by atoms with E-state index in [0.717, 1.165) is 31.2 Å². The maximum absolute atomic E-state index is 12.3. The smallest absolute Gasteiger partial charge is 0.292 e. The average molecular weight is 375 g/mol. The summed E-state index contributed by atoms with van der Waals surface area (Å²) in [6.45, 7) is 5.17. The minimum absolute atomic E-state index is 0.0268. The second-order valence-electron chi connectivity index (χ2n) is 6.59. The third-order valence-electron chi connectivity index (χ3n) is 4.52. The number of likely N-dealkylation sites (tertiary alicyclic amines) is 1. The number of nitrogens with zero attached hydrogens (tertiary/aromatic N) is 3. The number of carbonyl (C=O) groups excluding carboxylic acids is 1. The molecule has 1 aromatic heterocycles. The number of nitro groups is 1. The predicted molar refractivity (Wildman–Crippen MR) is 101 cm³/mol. The van der Waals surface area contributed by atoms with Crippen molar-refractivity contribution in [3.8, 4) is 0 Å². The molecule has 2 heterocycles. The van der Waals surface area contributed by atoms with Crippen LogP contribution in [0.2, 0.25) is 0 Å². The molecule has 9 heteroatoms. The van der Waals surface area contributed by atoms with Gasteiger partial charge in [-0.15, -0.1) is 11.3 Å². The van der Waals surface area contributed by atoms with E-state index in [1.165, 1.54) is 42.4 Å². The monoisotopic (exact) mass is 375 g/mol. The molecule has 0 atom stereocenters. The normalized spacial score (nSPS) is 15.7. The van der Waals surface area contributed by atoms with Crippen molar-refractivity contribution in [2.75, 3.05) is 24.1 Å². The van der Waals surface area contributed by atoms with E-state index in [0.29, 0.717) is 5.13 Å². The molecule has 0 unspecified atom stereocenters. The fraction of sp³-hybridized carbons (Fsp3) is 0.412. The van der Waals surface area contributed by atoms with Gasteiger partial charge in [-0.05, 0) is 44.0 Å². The molecule has 1 aromatic carbocycles. The molecule has 2 aromatic rings. The number of aromatic nitrogens is 1. The van der Waals surface area contributed by atoms with E-state index in [-0.39, 0.29) is 16.9 Å². The number of piperidine rings is 1. The molecule has 0 bridgehead atoms. The molecule has 3 rings (SSSR count). The zero-order valence-corrected chi connectivity index (χ0v) is 15.3. The lowest BCUT2D eigenvalue weighted by atomic mass is 9.99. The lowest BCUT2D eigenvalue weighted by Gasteiger charge is -2.29. The minimum Gasteiger partial charge on any atom is -0.393 e. The SMILES string of the molecule is CC1CCN(Cc2csc(NC(=O)c3ccc(N)c([N+](=O)[O-])c3)n2)CC1. The van der Waals surface area contributed by atoms with E-state index in [2.05, 4.69) is 22.1 Å². The Labute approximate surface area is 155 Å². The van der Waals surface area contributed by atoms with Crippen LogP contribution in [0.1, 0.15) is 35.8 Å². The molecule has 0 radical (unpaired) electrons. The number of nitrogens with two attached hydrogens (primary N) is 1. The Morgan fingerprint density at radius 1 is 1.46 bits per heavy atom. The largest absolute Gasteiger partial charge is 0.393 e. The van der Waals surface area contributed by atoms with Gasteiger partial charge in [0, 0.05) is 23.6 Å². The van der Waals surface area contributed by atoms with Crippen LogP contribution in [0, 0.1) is 16.0 Å². The van der Waals surface area contributed by atoms with Gasteiger partial charge >= 0.3 is 0 Å². The fourth-order valence-corrected chi connectivity index (χ4v) is 3.60. The van der Waals surface area contributed by atoms with Crippen LogP contribution >= 0.6 is 11.3 Å². The first-order valence-electron chi connectivity index (χ1n) is 8.44. The van der Waals surface area contributed by atoms with E-state index in [1.807, 2.05) is 5.38 Å². The Kier molecular flexibility index (Phi) is 5.48. The van der Waals surface area contributed by atoms with Crippen molar-refractivity contribution in [3.05, 3.63) is 45.0 Å². The van der Waals surface area contributed by atoms with Gasteiger partial charge in [0.15, 0.2) is 5.13 Å². The zero-order chi connectivity index (χ0) is 18.7. The third kappa shape index (κ3) is 4.36. The van der Waals surface area contributed by atoms with Gasteiger partial charge in [0.25, 0.3) is 11.6 Å². The summed E-state index contributed by atoms with van der Waals surface area (Å²) in [5.74, 6) is 0.335. The Morgan fingerprint density at radius 2 is 2.19 bits per heavy atom. The summed E-state index contributed by atoms with van der Waals surface area (Å²) < 4.78 is 0. The average Bonchev–Trinajstić information content (AvgIpc) is 3.04. The summed E-state index contributed by atoms with van der Waals surface area (Å²) in [4.78, 5) is 29.5. The Hall–Kier alpha value is -2.52. The van der Waals surface area contributed by atoms with Crippen LogP contribution in [0.4, 0.5) is 16.5 Å². The molecule has 1 amide bonds. The van der Waals surface area contributed by atoms with Crippen molar-refractivity contribution in [3.63, 3.8) is 0 Å². The number of thiazole rings is 1. The standard InChI is InChI=1S/C17H21N5O3S/c1-11-4-6-21(7-5-11)9-13-10-26-17(19-13)20-16(23)12-2-3-14(18)15(8-12)22(24)25/h2-3,8,10-11H,4-7,9,18H2,1H3,(H,19,20,23). The Bertz CT molecular complexity index is 814. The summed E-state index contributed by atoms with van der Waals surface area (Å²) in [6, 6.07) is 3.99. The molecule has 1 aliphatic rings. The highest BCUT2D eigenvalue weighted by molar-refractivity contribution is 7.13. The molecular weight excluding hydrogens is 354 g/mol. The quantitative estimate of drug-likeness (QED) is 0.471. The van der Waals surface area contributed by atoms with Crippen LogP contribution in [-0.4, -0.2) is 33.8 Å². The summed E-state index contributed by atoms with van der Waals surface area (Å²) in [7, 11) is 0. The summed E-state index contributed by atoms with van der Waals surface area (Å²) in [6.07, 6.45) is 2.40. The Morgan fingerprint density at radius 3 is 2.88 bits per heavy atom. The fourth-order valence-electron chi connectivity index (χ4n) is 2.90. The van der Waals surface area contributed by atoms with Crippen molar-refractivity contribution >= 4 is 33.8 Å². The zero-order valence-electron chi connectivity index (χ0n) is 14.5. The van der Waals surface area contributed by atoms with Crippen LogP contribution in [0.3, 0.4) is 0 Å². The van der Waals surface area contributed by atoms with E-state index in [4.69, 9.17) is 5.73 Å². The highest BCUT2D eigenvalue weighted by Gasteiger charge is 2.18. The van der Waals surface area contributed by atoms with Gasteiger partial charge in [-0.3, -0.25) is 25.1 Å². The molecule has 1 aliphatic heterocycles. The van der Waals surface area contributed by atoms with Crippen LogP contribution in [0.15, 0.2) is 23.6 Å². The van der Waals surface area contributed by atoms with E-state index < -0.39 is 10.8 Å². The number of nitrogens with one attached hydrogen (secondary N) is 1. The number of hydrogen-bond acceptors (Lipinski definition) is 7. The van der Waals surface area contributed by atoms with Crippen molar-refractivity contribution in [2.24, 2.45) is 5.92 Å². The van der Waals surface area contributed by atoms with Crippen LogP contribution < -0.4 is 11.1 Å². The molecule has 3 N–H and O–H groups in total. The second-order valence-corrected chi connectivity index (χ2v) is 7.45. The van der Waals surface area contributed by atoms with Crippen LogP contribution in [0.25, 0.3) is 0 Å². The van der Waals surface area contributed by atoms with E-state index >= 15 is 0 Å². The lowest BCUT2D eigenvalue weighted by Crippen LogP contribution is -2.32. The van der Waals surface area contributed by atoms with Crippen molar-refractivity contribution in [1.82, 2.24) is 9.88 Å². The highest BCUT2D eigenvalue weighted by atomic mass is 32.1. The van der Waals surface area contributed by atoms with Gasteiger partial charge in [-0.2, -0.15) is 0 Å². The first kappa shape index (κ1) is 18.3. The van der Waals surface area contributed by atoms with Crippen molar-refractivity contribution in [2.45, 2.75) is 26.3 Å². The number of benzene rings is 1. The molecule has 138 valence electrons. The van der Waals surface area contributed by atoms with E-state index in [9.17, 15) is 14.9 Å². The van der Waals surface area contributed by atoms with Crippen molar-refractivity contribution in [1.29, 1.82) is 0 Å². The molecular formula is C17H21N5O3S. The molecule has 1 fully saturated rings. The van der Waals surface area contributed by atoms with Crippen LogP contribution in [-0.2, 0) is 6.54 Å². The third-order valence-corrected chi connectivity index (χ3v) is 5.33. The molecule has 0 spiro atoms. The predicted octanol–water partition coefficient (Wildman–Crippen LogP) is 3.12. The van der Waals surface area contributed by atoms with Gasteiger partial charge in [-0.1, -0.05) is 6.92 Å². The Balaban J connectivity index is 1.63. The first-order chi connectivity index (χ1) is 12.4. The number of nitro benzene ring substituents is 1. The second kappa shape index (κ2) is 7.79. The molecule has 0 aliphatic carbocycles. The topological polar surface area (TPSA) is 114 Å². The number of anilines is 2. The maximum Gasteiger partial charge on any atom is 0.292 e. The molecule has 8 nitrogen and oxygen atoms in total. The number of hydrogen-bond donors (Lipinski definition) is 2. The summed E-state index contributed by atoms with van der Waals surface area (Å²) in [5.41, 5.74) is 6.39. The van der Waals surface area contributed by atoms with Crippen LogP contribution in [0.5, 0.6) is 0 Å². The van der Waals surface area contributed by atoms with E-state index in [1.54, 1.807) is 0 Å². The number of rotatable bonds is 5. The first-order valence-corrected chi connectivity index (χ1v) is 9.32. The molecule has 0 saturated carbocycles. The van der Waals surface area contributed by atoms with Gasteiger partial charge in [0.2, 0.25) is 0 Å². The maximum atomic E-state index is 12.3.